The van der Waals surface area contributed by atoms with Crippen molar-refractivity contribution >= 4 is 5.78 Å². The SMILES string of the molecule is CC1=CC=CN([C@@H](Cc2ccccc2)c2ccccc2)CC1=O. The summed E-state index contributed by atoms with van der Waals surface area (Å²) in [6.07, 6.45) is 6.78. The molecule has 0 aliphatic carbocycles. The first-order valence-electron chi connectivity index (χ1n) is 7.97. The molecule has 1 heterocycles. The monoisotopic (exact) mass is 303 g/mol. The molecule has 2 heteroatoms. The first kappa shape index (κ1) is 15.3. The third kappa shape index (κ3) is 3.78. The maximum atomic E-state index is 12.3. The molecule has 1 aliphatic rings. The molecule has 0 fully saturated rings. The van der Waals surface area contributed by atoms with Gasteiger partial charge in [-0.15, -0.1) is 0 Å². The summed E-state index contributed by atoms with van der Waals surface area (Å²) in [5.41, 5.74) is 3.32. The van der Waals surface area contributed by atoms with Crippen molar-refractivity contribution in [2.24, 2.45) is 0 Å². The van der Waals surface area contributed by atoms with Gasteiger partial charge in [-0.2, -0.15) is 0 Å². The van der Waals surface area contributed by atoms with E-state index in [-0.39, 0.29) is 11.8 Å². The second kappa shape index (κ2) is 7.10. The number of ketones is 1. The molecule has 1 atom stereocenters. The van der Waals surface area contributed by atoms with E-state index in [1.54, 1.807) is 0 Å². The number of benzene rings is 2. The minimum absolute atomic E-state index is 0.151. The number of carbonyl (C=O) groups is 1. The van der Waals surface area contributed by atoms with Gasteiger partial charge in [-0.1, -0.05) is 66.7 Å². The Balaban J connectivity index is 1.91. The summed E-state index contributed by atoms with van der Waals surface area (Å²) < 4.78 is 0. The van der Waals surface area contributed by atoms with Crippen LogP contribution in [-0.4, -0.2) is 17.2 Å². The molecule has 0 bridgehead atoms. The van der Waals surface area contributed by atoms with E-state index in [2.05, 4.69) is 53.4 Å². The predicted octanol–water partition coefficient (Wildman–Crippen LogP) is 4.32. The van der Waals surface area contributed by atoms with Gasteiger partial charge in [0.05, 0.1) is 12.6 Å². The average molecular weight is 303 g/mol. The fourth-order valence-electron chi connectivity index (χ4n) is 2.89. The fraction of sp³-hybridized carbons (Fsp3) is 0.190. The van der Waals surface area contributed by atoms with E-state index in [4.69, 9.17) is 0 Å². The van der Waals surface area contributed by atoms with Crippen LogP contribution in [0, 0.1) is 0 Å². The van der Waals surface area contributed by atoms with Gasteiger partial charge in [-0.3, -0.25) is 4.79 Å². The molecule has 2 aromatic carbocycles. The second-order valence-corrected chi connectivity index (χ2v) is 5.90. The van der Waals surface area contributed by atoms with E-state index in [0.29, 0.717) is 6.54 Å². The van der Waals surface area contributed by atoms with Crippen LogP contribution in [0.4, 0.5) is 0 Å². The maximum absolute atomic E-state index is 12.3. The van der Waals surface area contributed by atoms with Crippen molar-refractivity contribution in [3.05, 3.63) is 95.7 Å². The van der Waals surface area contributed by atoms with E-state index >= 15 is 0 Å². The Morgan fingerprint density at radius 3 is 2.35 bits per heavy atom. The summed E-state index contributed by atoms with van der Waals surface area (Å²) in [6.45, 7) is 2.30. The van der Waals surface area contributed by atoms with Crippen molar-refractivity contribution < 1.29 is 4.79 Å². The minimum Gasteiger partial charge on any atom is -0.362 e. The van der Waals surface area contributed by atoms with Crippen molar-refractivity contribution in [3.8, 4) is 0 Å². The molecule has 116 valence electrons. The standard InChI is InChI=1S/C21H21NO/c1-17-9-8-14-22(16-21(17)23)20(19-12-6-3-7-13-19)15-18-10-4-2-5-11-18/h2-14,20H,15-16H2,1H3/t20-/m0/s1. The summed E-state index contributed by atoms with van der Waals surface area (Å²) in [5, 5.41) is 0. The summed E-state index contributed by atoms with van der Waals surface area (Å²) in [5.74, 6) is 0.184. The van der Waals surface area contributed by atoms with Crippen LogP contribution in [-0.2, 0) is 11.2 Å². The van der Waals surface area contributed by atoms with Crippen molar-refractivity contribution in [2.45, 2.75) is 19.4 Å². The highest BCUT2D eigenvalue weighted by atomic mass is 16.1. The average Bonchev–Trinajstić information content (AvgIpc) is 2.76. The largest absolute Gasteiger partial charge is 0.362 e. The highest BCUT2D eigenvalue weighted by Crippen LogP contribution is 2.26. The smallest absolute Gasteiger partial charge is 0.177 e. The Morgan fingerprint density at radius 2 is 1.65 bits per heavy atom. The lowest BCUT2D eigenvalue weighted by atomic mass is 9.97. The number of nitrogens with zero attached hydrogens (tertiary/aromatic N) is 1. The van der Waals surface area contributed by atoms with Crippen LogP contribution in [0.1, 0.15) is 24.1 Å². The van der Waals surface area contributed by atoms with Crippen LogP contribution in [0.2, 0.25) is 0 Å². The normalized spacial score (nSPS) is 16.0. The van der Waals surface area contributed by atoms with Gasteiger partial charge in [0.1, 0.15) is 0 Å². The molecule has 3 rings (SSSR count). The lowest BCUT2D eigenvalue weighted by molar-refractivity contribution is -0.116. The summed E-state index contributed by atoms with van der Waals surface area (Å²) in [6, 6.07) is 21.0. The molecule has 0 radical (unpaired) electrons. The molecule has 23 heavy (non-hydrogen) atoms. The van der Waals surface area contributed by atoms with Gasteiger partial charge in [0.15, 0.2) is 5.78 Å². The molecule has 0 unspecified atom stereocenters. The van der Waals surface area contributed by atoms with Crippen LogP contribution in [0.5, 0.6) is 0 Å². The molecule has 0 amide bonds. The molecule has 1 aliphatic heterocycles. The molecule has 0 saturated carbocycles. The number of allylic oxidation sites excluding steroid dienone is 2. The lowest BCUT2D eigenvalue weighted by Crippen LogP contribution is -2.30. The van der Waals surface area contributed by atoms with E-state index in [0.717, 1.165) is 12.0 Å². The summed E-state index contributed by atoms with van der Waals surface area (Å²) in [7, 11) is 0. The zero-order valence-corrected chi connectivity index (χ0v) is 13.4. The zero-order chi connectivity index (χ0) is 16.1. The van der Waals surface area contributed by atoms with Crippen molar-refractivity contribution in [1.29, 1.82) is 0 Å². The third-order valence-corrected chi connectivity index (χ3v) is 4.25. The van der Waals surface area contributed by atoms with Gasteiger partial charge in [-0.25, -0.2) is 0 Å². The quantitative estimate of drug-likeness (QED) is 0.838. The molecule has 0 spiro atoms. The van der Waals surface area contributed by atoms with Gasteiger partial charge < -0.3 is 4.90 Å². The topological polar surface area (TPSA) is 20.3 Å². The van der Waals surface area contributed by atoms with Crippen LogP contribution in [0.3, 0.4) is 0 Å². The molecular weight excluding hydrogens is 282 g/mol. The van der Waals surface area contributed by atoms with E-state index in [1.165, 1.54) is 11.1 Å². The molecule has 0 N–H and O–H groups in total. The zero-order valence-electron chi connectivity index (χ0n) is 13.4. The van der Waals surface area contributed by atoms with Crippen LogP contribution in [0.15, 0.2) is 84.6 Å². The Kier molecular flexibility index (Phi) is 4.72. The third-order valence-electron chi connectivity index (χ3n) is 4.25. The van der Waals surface area contributed by atoms with E-state index < -0.39 is 0 Å². The maximum Gasteiger partial charge on any atom is 0.177 e. The minimum atomic E-state index is 0.151. The van der Waals surface area contributed by atoms with Crippen LogP contribution >= 0.6 is 0 Å². The van der Waals surface area contributed by atoms with E-state index in [1.807, 2.05) is 37.4 Å². The first-order chi connectivity index (χ1) is 11.2. The highest BCUT2D eigenvalue weighted by Gasteiger charge is 2.22. The Morgan fingerprint density at radius 1 is 1.00 bits per heavy atom. The first-order valence-corrected chi connectivity index (χ1v) is 7.97. The Bertz CT molecular complexity index is 716. The highest BCUT2D eigenvalue weighted by molar-refractivity contribution is 5.97. The van der Waals surface area contributed by atoms with Crippen molar-refractivity contribution in [2.75, 3.05) is 6.54 Å². The van der Waals surface area contributed by atoms with Crippen molar-refractivity contribution in [3.63, 3.8) is 0 Å². The van der Waals surface area contributed by atoms with Crippen molar-refractivity contribution in [1.82, 2.24) is 4.90 Å². The van der Waals surface area contributed by atoms with Crippen LogP contribution in [0.25, 0.3) is 0 Å². The Labute approximate surface area is 137 Å². The van der Waals surface area contributed by atoms with Gasteiger partial charge in [0.2, 0.25) is 0 Å². The molecular formula is C21H21NO. The number of hydrogen-bond acceptors (Lipinski definition) is 2. The Hall–Kier alpha value is -2.61. The summed E-state index contributed by atoms with van der Waals surface area (Å²) in [4.78, 5) is 14.4. The number of hydrogen-bond donors (Lipinski definition) is 0. The summed E-state index contributed by atoms with van der Waals surface area (Å²) >= 11 is 0. The van der Waals surface area contributed by atoms with Gasteiger partial charge >= 0.3 is 0 Å². The molecule has 0 aromatic heterocycles. The molecule has 2 nitrogen and oxygen atoms in total. The molecule has 2 aromatic rings. The lowest BCUT2D eigenvalue weighted by Gasteiger charge is -2.30. The fourth-order valence-corrected chi connectivity index (χ4v) is 2.89. The van der Waals surface area contributed by atoms with Crippen LogP contribution < -0.4 is 0 Å². The molecule has 0 saturated heterocycles. The van der Waals surface area contributed by atoms with Gasteiger partial charge in [0.25, 0.3) is 0 Å². The van der Waals surface area contributed by atoms with Gasteiger partial charge in [-0.05, 0) is 36.1 Å². The van der Waals surface area contributed by atoms with E-state index in [9.17, 15) is 4.79 Å². The number of rotatable bonds is 4. The number of Topliss-reactive ketones (excluding diaryl/α,β-unsaturated/α-hetero) is 1. The van der Waals surface area contributed by atoms with Gasteiger partial charge in [0, 0.05) is 6.20 Å². The second-order valence-electron chi connectivity index (χ2n) is 5.90. The predicted molar refractivity (Wildman–Crippen MR) is 93.9 cm³/mol. The number of carbonyl (C=O) groups excluding carboxylic acids is 1.